The summed E-state index contributed by atoms with van der Waals surface area (Å²) in [5, 5.41) is 18.2. The third-order valence-corrected chi connectivity index (χ3v) is 2.44. The molecule has 90 valence electrons. The molecule has 2 N–H and O–H groups in total. The Morgan fingerprint density at radius 2 is 1.88 bits per heavy atom. The van der Waals surface area contributed by atoms with Crippen LogP contribution in [0, 0.1) is 0 Å². The van der Waals surface area contributed by atoms with Gasteiger partial charge in [0.25, 0.3) is 0 Å². The van der Waals surface area contributed by atoms with E-state index >= 15 is 0 Å². The van der Waals surface area contributed by atoms with Gasteiger partial charge in [-0.3, -0.25) is 0 Å². The zero-order valence-corrected chi connectivity index (χ0v) is 9.84. The first-order chi connectivity index (χ1) is 7.74. The maximum absolute atomic E-state index is 9.45. The van der Waals surface area contributed by atoms with Crippen LogP contribution in [0.5, 0.6) is 0 Å². The van der Waals surface area contributed by atoms with Crippen LogP contribution in [0.4, 0.5) is 5.69 Å². The van der Waals surface area contributed by atoms with E-state index in [1.54, 1.807) is 6.92 Å². The van der Waals surface area contributed by atoms with Crippen LogP contribution < -0.4 is 4.90 Å². The van der Waals surface area contributed by atoms with Crippen molar-refractivity contribution in [3.05, 3.63) is 30.3 Å². The summed E-state index contributed by atoms with van der Waals surface area (Å²) in [6.07, 6.45) is 1.41. The SMILES string of the molecule is CC(O)CN(CCCCO)c1ccccc1. The van der Waals surface area contributed by atoms with Crippen molar-refractivity contribution in [2.75, 3.05) is 24.6 Å². The van der Waals surface area contributed by atoms with Gasteiger partial charge in [-0.1, -0.05) is 18.2 Å². The molecule has 3 nitrogen and oxygen atoms in total. The van der Waals surface area contributed by atoms with E-state index in [9.17, 15) is 5.11 Å². The lowest BCUT2D eigenvalue weighted by Gasteiger charge is -2.26. The molecular weight excluding hydrogens is 202 g/mol. The highest BCUT2D eigenvalue weighted by molar-refractivity contribution is 5.45. The fourth-order valence-electron chi connectivity index (χ4n) is 1.70. The van der Waals surface area contributed by atoms with Crippen molar-refractivity contribution >= 4 is 5.69 Å². The largest absolute Gasteiger partial charge is 0.396 e. The van der Waals surface area contributed by atoms with Gasteiger partial charge in [0, 0.05) is 25.4 Å². The van der Waals surface area contributed by atoms with E-state index in [0.29, 0.717) is 6.54 Å². The van der Waals surface area contributed by atoms with Crippen LogP contribution in [0.2, 0.25) is 0 Å². The molecule has 1 atom stereocenters. The highest BCUT2D eigenvalue weighted by atomic mass is 16.3. The van der Waals surface area contributed by atoms with Crippen LogP contribution in [0.1, 0.15) is 19.8 Å². The van der Waals surface area contributed by atoms with Crippen molar-refractivity contribution in [1.82, 2.24) is 0 Å². The predicted molar refractivity (Wildman–Crippen MR) is 66.7 cm³/mol. The smallest absolute Gasteiger partial charge is 0.0687 e. The van der Waals surface area contributed by atoms with Crippen molar-refractivity contribution in [3.63, 3.8) is 0 Å². The van der Waals surface area contributed by atoms with Gasteiger partial charge in [0.15, 0.2) is 0 Å². The standard InChI is InChI=1S/C13H21NO2/c1-12(16)11-14(9-5-6-10-15)13-7-3-2-4-8-13/h2-4,7-8,12,15-16H,5-6,9-11H2,1H3. The minimum absolute atomic E-state index is 0.233. The minimum Gasteiger partial charge on any atom is -0.396 e. The molecule has 1 unspecified atom stereocenters. The minimum atomic E-state index is -0.339. The average Bonchev–Trinajstić information content (AvgIpc) is 2.29. The Balaban J connectivity index is 2.56. The van der Waals surface area contributed by atoms with Crippen LogP contribution in [0.3, 0.4) is 0 Å². The molecule has 0 spiro atoms. The normalized spacial score (nSPS) is 12.4. The van der Waals surface area contributed by atoms with Crippen LogP contribution >= 0.6 is 0 Å². The zero-order chi connectivity index (χ0) is 11.8. The summed E-state index contributed by atoms with van der Waals surface area (Å²) in [7, 11) is 0. The Morgan fingerprint density at radius 1 is 1.19 bits per heavy atom. The first-order valence-corrected chi connectivity index (χ1v) is 5.83. The second-order valence-corrected chi connectivity index (χ2v) is 4.06. The van der Waals surface area contributed by atoms with Gasteiger partial charge in [-0.05, 0) is 31.9 Å². The fraction of sp³-hybridized carbons (Fsp3) is 0.538. The molecule has 0 aliphatic carbocycles. The maximum Gasteiger partial charge on any atom is 0.0687 e. The number of benzene rings is 1. The molecule has 0 fully saturated rings. The molecule has 1 rings (SSSR count). The number of aliphatic hydroxyl groups excluding tert-OH is 2. The van der Waals surface area contributed by atoms with Crippen molar-refractivity contribution in [2.24, 2.45) is 0 Å². The lowest BCUT2D eigenvalue weighted by molar-refractivity contribution is 0.199. The predicted octanol–water partition coefficient (Wildman–Crippen LogP) is 1.65. The van der Waals surface area contributed by atoms with E-state index in [2.05, 4.69) is 4.90 Å². The molecule has 3 heteroatoms. The van der Waals surface area contributed by atoms with Gasteiger partial charge in [0.1, 0.15) is 0 Å². The first-order valence-electron chi connectivity index (χ1n) is 5.83. The van der Waals surface area contributed by atoms with Crippen LogP contribution in [0.15, 0.2) is 30.3 Å². The molecule has 0 saturated heterocycles. The Bertz CT molecular complexity index is 275. The Labute approximate surface area is 97.3 Å². The van der Waals surface area contributed by atoms with E-state index in [1.165, 1.54) is 0 Å². The summed E-state index contributed by atoms with van der Waals surface area (Å²) in [5.41, 5.74) is 1.13. The molecule has 0 aromatic heterocycles. The second kappa shape index (κ2) is 7.25. The monoisotopic (exact) mass is 223 g/mol. The number of anilines is 1. The van der Waals surface area contributed by atoms with E-state index in [4.69, 9.17) is 5.11 Å². The van der Waals surface area contributed by atoms with E-state index in [0.717, 1.165) is 25.1 Å². The molecule has 0 aliphatic heterocycles. The summed E-state index contributed by atoms with van der Waals surface area (Å²) in [5.74, 6) is 0. The third kappa shape index (κ3) is 4.64. The Morgan fingerprint density at radius 3 is 2.44 bits per heavy atom. The maximum atomic E-state index is 9.45. The molecule has 1 aromatic rings. The van der Waals surface area contributed by atoms with Gasteiger partial charge in [0.2, 0.25) is 0 Å². The Kier molecular flexibility index (Phi) is 5.90. The third-order valence-electron chi connectivity index (χ3n) is 2.44. The van der Waals surface area contributed by atoms with Crippen LogP contribution in [0.25, 0.3) is 0 Å². The topological polar surface area (TPSA) is 43.7 Å². The summed E-state index contributed by atoms with van der Waals surface area (Å²) < 4.78 is 0. The Hall–Kier alpha value is -1.06. The summed E-state index contributed by atoms with van der Waals surface area (Å²) in [6, 6.07) is 10.1. The molecule has 0 radical (unpaired) electrons. The second-order valence-electron chi connectivity index (χ2n) is 4.06. The van der Waals surface area contributed by atoms with E-state index in [-0.39, 0.29) is 12.7 Å². The summed E-state index contributed by atoms with van der Waals surface area (Å²) >= 11 is 0. The molecule has 0 aliphatic rings. The number of rotatable bonds is 7. The van der Waals surface area contributed by atoms with Crippen molar-refractivity contribution < 1.29 is 10.2 Å². The number of hydrogen-bond donors (Lipinski definition) is 2. The van der Waals surface area contributed by atoms with Gasteiger partial charge in [-0.15, -0.1) is 0 Å². The highest BCUT2D eigenvalue weighted by Crippen LogP contribution is 2.14. The molecule has 0 saturated carbocycles. The zero-order valence-electron chi connectivity index (χ0n) is 9.84. The molecule has 1 aromatic carbocycles. The number of hydrogen-bond acceptors (Lipinski definition) is 3. The van der Waals surface area contributed by atoms with Gasteiger partial charge in [0.05, 0.1) is 6.10 Å². The van der Waals surface area contributed by atoms with Gasteiger partial charge < -0.3 is 15.1 Å². The number of para-hydroxylation sites is 1. The molecular formula is C13H21NO2. The van der Waals surface area contributed by atoms with Crippen LogP contribution in [-0.2, 0) is 0 Å². The van der Waals surface area contributed by atoms with Gasteiger partial charge in [-0.2, -0.15) is 0 Å². The molecule has 0 bridgehead atoms. The van der Waals surface area contributed by atoms with Gasteiger partial charge in [-0.25, -0.2) is 0 Å². The van der Waals surface area contributed by atoms with Crippen LogP contribution in [-0.4, -0.2) is 36.0 Å². The summed E-state index contributed by atoms with van der Waals surface area (Å²) in [6.45, 7) is 3.53. The lowest BCUT2D eigenvalue weighted by atomic mass is 10.2. The van der Waals surface area contributed by atoms with Crippen molar-refractivity contribution in [3.8, 4) is 0 Å². The van der Waals surface area contributed by atoms with E-state index < -0.39 is 0 Å². The lowest BCUT2D eigenvalue weighted by Crippen LogP contribution is -2.31. The fourth-order valence-corrected chi connectivity index (χ4v) is 1.70. The highest BCUT2D eigenvalue weighted by Gasteiger charge is 2.08. The van der Waals surface area contributed by atoms with Crippen molar-refractivity contribution in [1.29, 1.82) is 0 Å². The molecule has 16 heavy (non-hydrogen) atoms. The molecule has 0 amide bonds. The first kappa shape index (κ1) is 13.0. The molecule has 0 heterocycles. The summed E-state index contributed by atoms with van der Waals surface area (Å²) in [4.78, 5) is 2.15. The average molecular weight is 223 g/mol. The number of unbranched alkanes of at least 4 members (excludes halogenated alkanes) is 1. The van der Waals surface area contributed by atoms with Crippen molar-refractivity contribution in [2.45, 2.75) is 25.9 Å². The number of nitrogens with zero attached hydrogens (tertiary/aromatic N) is 1. The number of aliphatic hydroxyl groups is 2. The van der Waals surface area contributed by atoms with E-state index in [1.807, 2.05) is 30.3 Å². The van der Waals surface area contributed by atoms with Gasteiger partial charge >= 0.3 is 0 Å². The quantitative estimate of drug-likeness (QED) is 0.691.